The van der Waals surface area contributed by atoms with Crippen LogP contribution >= 0.6 is 15.9 Å². The molecule has 0 unspecified atom stereocenters. The minimum atomic E-state index is -1.58. The smallest absolute Gasteiger partial charge is 0.328 e. The number of anilines is 1. The predicted octanol–water partition coefficient (Wildman–Crippen LogP) is 1.48. The van der Waals surface area contributed by atoms with Gasteiger partial charge >= 0.3 is 6.03 Å². The first-order valence-electron chi connectivity index (χ1n) is 8.31. The second-order valence-electron chi connectivity index (χ2n) is 7.03. The summed E-state index contributed by atoms with van der Waals surface area (Å²) in [5, 5.41) is 4.40. The number of carbonyl (C=O) groups is 3. The highest BCUT2D eigenvalue weighted by molar-refractivity contribution is 9.10. The summed E-state index contributed by atoms with van der Waals surface area (Å²) in [4.78, 5) is 39.1. The highest BCUT2D eigenvalue weighted by atomic mass is 79.9. The number of barbiturate groups is 1. The van der Waals surface area contributed by atoms with E-state index in [2.05, 4.69) is 26.6 Å². The molecule has 0 saturated carbocycles. The fourth-order valence-electron chi connectivity index (χ4n) is 4.50. The largest absolute Gasteiger partial charge is 0.372 e. The predicted molar refractivity (Wildman–Crippen MR) is 93.1 cm³/mol. The van der Waals surface area contributed by atoms with Gasteiger partial charge in [-0.2, -0.15) is 0 Å². The van der Waals surface area contributed by atoms with Crippen LogP contribution in [0.15, 0.2) is 16.6 Å². The fraction of sp³-hybridized carbons (Fsp3) is 0.471. The Morgan fingerprint density at radius 2 is 1.88 bits per heavy atom. The number of imide groups is 2. The molecule has 26 heavy (non-hydrogen) atoms. The molecule has 3 aliphatic heterocycles. The van der Waals surface area contributed by atoms with E-state index in [1.807, 2.05) is 6.92 Å². The van der Waals surface area contributed by atoms with Crippen LogP contribution < -0.4 is 15.5 Å². The van der Waals surface area contributed by atoms with Crippen molar-refractivity contribution in [3.8, 4) is 0 Å². The molecule has 4 amide bonds. The number of amides is 4. The summed E-state index contributed by atoms with van der Waals surface area (Å²) in [6, 6.07) is 1.50. The Balaban J connectivity index is 1.95. The summed E-state index contributed by atoms with van der Waals surface area (Å²) in [6.07, 6.45) is -0.740. The molecular formula is C17H17BrFN3O4. The number of rotatable bonds is 0. The third-order valence-corrected chi connectivity index (χ3v) is 5.77. The number of morpholine rings is 1. The molecule has 0 aliphatic carbocycles. The van der Waals surface area contributed by atoms with Gasteiger partial charge in [-0.15, -0.1) is 0 Å². The summed E-state index contributed by atoms with van der Waals surface area (Å²) < 4.78 is 21.2. The van der Waals surface area contributed by atoms with E-state index in [9.17, 15) is 18.8 Å². The average Bonchev–Trinajstić information content (AvgIpc) is 2.50. The number of benzene rings is 1. The molecule has 0 radical (unpaired) electrons. The van der Waals surface area contributed by atoms with Crippen molar-refractivity contribution in [2.75, 3.05) is 11.4 Å². The van der Waals surface area contributed by atoms with Crippen molar-refractivity contribution in [2.24, 2.45) is 5.41 Å². The Kier molecular flexibility index (Phi) is 3.85. The lowest BCUT2D eigenvalue weighted by molar-refractivity contribution is -0.153. The van der Waals surface area contributed by atoms with Crippen molar-refractivity contribution in [2.45, 2.75) is 38.5 Å². The lowest BCUT2D eigenvalue weighted by Gasteiger charge is -2.55. The van der Waals surface area contributed by atoms with Crippen LogP contribution in [0.1, 0.15) is 19.4 Å². The second-order valence-corrected chi connectivity index (χ2v) is 7.95. The first-order valence-corrected chi connectivity index (χ1v) is 9.10. The van der Waals surface area contributed by atoms with Gasteiger partial charge < -0.3 is 9.64 Å². The van der Waals surface area contributed by atoms with Gasteiger partial charge in [-0.3, -0.25) is 20.2 Å². The van der Waals surface area contributed by atoms with E-state index >= 15 is 0 Å². The van der Waals surface area contributed by atoms with E-state index in [0.29, 0.717) is 22.3 Å². The van der Waals surface area contributed by atoms with Crippen LogP contribution in [0.2, 0.25) is 0 Å². The van der Waals surface area contributed by atoms with Gasteiger partial charge in [0.25, 0.3) is 0 Å². The summed E-state index contributed by atoms with van der Waals surface area (Å²) in [5.41, 5.74) is -0.661. The minimum absolute atomic E-state index is 0.0209. The number of carbonyl (C=O) groups excluding carboxylic acids is 3. The molecule has 1 spiro atoms. The molecular weight excluding hydrogens is 409 g/mol. The van der Waals surface area contributed by atoms with E-state index in [4.69, 9.17) is 4.74 Å². The zero-order valence-electron chi connectivity index (χ0n) is 14.1. The van der Waals surface area contributed by atoms with Gasteiger partial charge in [0.15, 0.2) is 5.41 Å². The van der Waals surface area contributed by atoms with Gasteiger partial charge in [-0.05, 0) is 31.5 Å². The van der Waals surface area contributed by atoms with Gasteiger partial charge in [0, 0.05) is 17.4 Å². The number of halogens is 2. The van der Waals surface area contributed by atoms with E-state index in [1.54, 1.807) is 17.9 Å². The van der Waals surface area contributed by atoms with Gasteiger partial charge in [0.2, 0.25) is 11.8 Å². The number of nitrogens with zero attached hydrogens (tertiary/aromatic N) is 1. The molecule has 0 bridgehead atoms. The maximum atomic E-state index is 14.8. The molecule has 1 aromatic carbocycles. The highest BCUT2D eigenvalue weighted by Crippen LogP contribution is 2.48. The quantitative estimate of drug-likeness (QED) is 0.614. The van der Waals surface area contributed by atoms with E-state index in [-0.39, 0.29) is 12.5 Å². The minimum Gasteiger partial charge on any atom is -0.372 e. The Morgan fingerprint density at radius 1 is 1.23 bits per heavy atom. The number of ether oxygens (including phenoxy) is 1. The lowest BCUT2D eigenvalue weighted by Crippen LogP contribution is -2.75. The number of nitrogens with one attached hydrogen (secondary N) is 2. The Hall–Kier alpha value is -2.00. The Bertz CT molecular complexity index is 826. The summed E-state index contributed by atoms with van der Waals surface area (Å²) in [5.74, 6) is -1.79. The van der Waals surface area contributed by atoms with Crippen molar-refractivity contribution in [1.29, 1.82) is 0 Å². The lowest BCUT2D eigenvalue weighted by atomic mass is 9.66. The van der Waals surface area contributed by atoms with E-state index in [1.165, 1.54) is 6.07 Å². The first kappa shape index (κ1) is 17.4. The number of urea groups is 1. The van der Waals surface area contributed by atoms with Crippen LogP contribution in [-0.2, 0) is 20.7 Å². The molecule has 0 aromatic heterocycles. The molecule has 138 valence electrons. The molecule has 9 heteroatoms. The van der Waals surface area contributed by atoms with Crippen LogP contribution in [-0.4, -0.2) is 42.6 Å². The SMILES string of the molecule is C[C@H]1CN2c3c(F)cc(Br)cc3CC3(C(=O)NC(=O)NC3=O)[C@@H]2[C@@H](C)O1. The average molecular weight is 426 g/mol. The standard InChI is InChI=1S/C17H17BrFN3O4/c1-7-6-22-12-9(3-10(18)4-11(12)19)5-17(13(22)8(2)26-7)14(23)20-16(25)21-15(17)24/h3-4,7-8,13H,5-6H2,1-2H3,(H2,20,21,23,24,25)/t7-,8+,13-/m0/s1. The van der Waals surface area contributed by atoms with Crippen LogP contribution in [0.4, 0.5) is 14.9 Å². The van der Waals surface area contributed by atoms with Gasteiger partial charge in [-0.1, -0.05) is 15.9 Å². The second kappa shape index (κ2) is 5.75. The molecule has 3 atom stereocenters. The summed E-state index contributed by atoms with van der Waals surface area (Å²) in [7, 11) is 0. The van der Waals surface area contributed by atoms with E-state index < -0.39 is 41.2 Å². The van der Waals surface area contributed by atoms with Crippen molar-refractivity contribution >= 4 is 39.5 Å². The first-order chi connectivity index (χ1) is 12.2. The van der Waals surface area contributed by atoms with Crippen molar-refractivity contribution in [3.05, 3.63) is 28.0 Å². The van der Waals surface area contributed by atoms with Crippen LogP contribution in [0.3, 0.4) is 0 Å². The van der Waals surface area contributed by atoms with Crippen molar-refractivity contribution in [3.63, 3.8) is 0 Å². The molecule has 2 saturated heterocycles. The summed E-state index contributed by atoms with van der Waals surface area (Å²) in [6.45, 7) is 3.94. The zero-order valence-corrected chi connectivity index (χ0v) is 15.7. The van der Waals surface area contributed by atoms with Crippen molar-refractivity contribution in [1.82, 2.24) is 10.6 Å². The van der Waals surface area contributed by atoms with Crippen LogP contribution in [0.5, 0.6) is 0 Å². The van der Waals surface area contributed by atoms with Crippen LogP contribution in [0.25, 0.3) is 0 Å². The zero-order chi connectivity index (χ0) is 18.8. The molecule has 3 aliphatic rings. The maximum Gasteiger partial charge on any atom is 0.328 e. The molecule has 2 N–H and O–H groups in total. The Labute approximate surface area is 157 Å². The van der Waals surface area contributed by atoms with Gasteiger partial charge in [0.1, 0.15) is 5.82 Å². The van der Waals surface area contributed by atoms with Gasteiger partial charge in [-0.25, -0.2) is 9.18 Å². The third kappa shape index (κ3) is 2.30. The van der Waals surface area contributed by atoms with E-state index in [0.717, 1.165) is 0 Å². The topological polar surface area (TPSA) is 87.7 Å². The molecule has 1 aromatic rings. The maximum absolute atomic E-state index is 14.8. The number of hydrogen-bond donors (Lipinski definition) is 2. The molecule has 2 fully saturated rings. The Morgan fingerprint density at radius 3 is 2.54 bits per heavy atom. The summed E-state index contributed by atoms with van der Waals surface area (Å²) >= 11 is 3.27. The monoisotopic (exact) mass is 425 g/mol. The molecule has 3 heterocycles. The highest BCUT2D eigenvalue weighted by Gasteiger charge is 2.63. The molecule has 7 nitrogen and oxygen atoms in total. The third-order valence-electron chi connectivity index (χ3n) is 5.31. The fourth-order valence-corrected chi connectivity index (χ4v) is 4.98. The van der Waals surface area contributed by atoms with Crippen LogP contribution in [0, 0.1) is 11.2 Å². The number of hydrogen-bond acceptors (Lipinski definition) is 5. The van der Waals surface area contributed by atoms with Gasteiger partial charge in [0.05, 0.1) is 23.9 Å². The normalized spacial score (nSPS) is 29.8. The van der Waals surface area contributed by atoms with Crippen molar-refractivity contribution < 1.29 is 23.5 Å². The molecule has 4 rings (SSSR count). The number of fused-ring (bicyclic) bond motifs is 4.